The van der Waals surface area contributed by atoms with Crippen LogP contribution in [-0.2, 0) is 4.79 Å². The lowest BCUT2D eigenvalue weighted by atomic mass is 9.82. The first kappa shape index (κ1) is 15.5. The van der Waals surface area contributed by atoms with Crippen molar-refractivity contribution in [3.05, 3.63) is 0 Å². The number of hydrogen-bond acceptors (Lipinski definition) is 2. The number of rotatable bonds is 8. The number of carboxylic acids is 1. The number of carboxylic acid groups (broad SMARTS) is 1. The van der Waals surface area contributed by atoms with Crippen LogP contribution in [0.4, 0.5) is 0 Å². The third-order valence-corrected chi connectivity index (χ3v) is 4.17. The summed E-state index contributed by atoms with van der Waals surface area (Å²) in [5.41, 5.74) is 0. The van der Waals surface area contributed by atoms with Gasteiger partial charge in [-0.05, 0) is 51.0 Å². The van der Waals surface area contributed by atoms with Gasteiger partial charge in [-0.1, -0.05) is 26.7 Å². The standard InChI is InChI=1S/C15H29NO2/c1-3-5-14(6-4-2)16-11-12-7-9-13(10-8-12)15(17)18/h12-14,16H,3-11H2,1-2H3,(H,17,18). The molecular weight excluding hydrogens is 226 g/mol. The predicted molar refractivity (Wildman–Crippen MR) is 74.7 cm³/mol. The number of aliphatic carboxylic acids is 1. The highest BCUT2D eigenvalue weighted by Crippen LogP contribution is 2.28. The molecule has 3 nitrogen and oxygen atoms in total. The topological polar surface area (TPSA) is 49.3 Å². The van der Waals surface area contributed by atoms with E-state index in [1.165, 1.54) is 25.7 Å². The maximum atomic E-state index is 10.9. The van der Waals surface area contributed by atoms with Gasteiger partial charge in [-0.2, -0.15) is 0 Å². The molecule has 0 aliphatic heterocycles. The van der Waals surface area contributed by atoms with Crippen molar-refractivity contribution in [1.82, 2.24) is 5.32 Å². The molecular formula is C15H29NO2. The average Bonchev–Trinajstić information content (AvgIpc) is 2.37. The van der Waals surface area contributed by atoms with Crippen molar-refractivity contribution < 1.29 is 9.90 Å². The molecule has 2 N–H and O–H groups in total. The van der Waals surface area contributed by atoms with E-state index in [1.54, 1.807) is 0 Å². The summed E-state index contributed by atoms with van der Waals surface area (Å²) >= 11 is 0. The van der Waals surface area contributed by atoms with Gasteiger partial charge in [0.1, 0.15) is 0 Å². The summed E-state index contributed by atoms with van der Waals surface area (Å²) in [4.78, 5) is 10.9. The first-order valence-corrected chi connectivity index (χ1v) is 7.63. The molecule has 1 fully saturated rings. The maximum absolute atomic E-state index is 10.9. The molecule has 106 valence electrons. The molecule has 0 radical (unpaired) electrons. The molecule has 1 aliphatic rings. The molecule has 1 aliphatic carbocycles. The minimum Gasteiger partial charge on any atom is -0.481 e. The van der Waals surface area contributed by atoms with Crippen molar-refractivity contribution in [1.29, 1.82) is 0 Å². The van der Waals surface area contributed by atoms with E-state index in [0.29, 0.717) is 12.0 Å². The Morgan fingerprint density at radius 2 is 1.72 bits per heavy atom. The SMILES string of the molecule is CCCC(CCC)NCC1CCC(C(=O)O)CC1. The lowest BCUT2D eigenvalue weighted by Crippen LogP contribution is -2.35. The molecule has 0 bridgehead atoms. The van der Waals surface area contributed by atoms with E-state index in [4.69, 9.17) is 5.11 Å². The molecule has 0 saturated heterocycles. The molecule has 3 heteroatoms. The van der Waals surface area contributed by atoms with Crippen LogP contribution >= 0.6 is 0 Å². The van der Waals surface area contributed by atoms with Crippen LogP contribution < -0.4 is 5.32 Å². The van der Waals surface area contributed by atoms with Crippen molar-refractivity contribution in [2.24, 2.45) is 11.8 Å². The Morgan fingerprint density at radius 3 is 2.17 bits per heavy atom. The van der Waals surface area contributed by atoms with Crippen LogP contribution in [0.15, 0.2) is 0 Å². The first-order valence-electron chi connectivity index (χ1n) is 7.63. The molecule has 1 saturated carbocycles. The summed E-state index contributed by atoms with van der Waals surface area (Å²) in [6, 6.07) is 0.664. The Balaban J connectivity index is 2.21. The van der Waals surface area contributed by atoms with Crippen LogP contribution in [-0.4, -0.2) is 23.7 Å². The fourth-order valence-electron chi connectivity index (χ4n) is 2.99. The smallest absolute Gasteiger partial charge is 0.306 e. The van der Waals surface area contributed by atoms with Gasteiger partial charge in [-0.15, -0.1) is 0 Å². The molecule has 0 aromatic heterocycles. The number of carbonyl (C=O) groups is 1. The zero-order valence-electron chi connectivity index (χ0n) is 12.0. The van der Waals surface area contributed by atoms with Crippen LogP contribution in [0.2, 0.25) is 0 Å². The Bertz CT molecular complexity index is 229. The number of hydrogen-bond donors (Lipinski definition) is 2. The third kappa shape index (κ3) is 5.38. The quantitative estimate of drug-likeness (QED) is 0.698. The van der Waals surface area contributed by atoms with Crippen molar-refractivity contribution in [3.63, 3.8) is 0 Å². The normalized spacial score (nSPS) is 24.4. The summed E-state index contributed by atoms with van der Waals surface area (Å²) in [6.45, 7) is 5.56. The maximum Gasteiger partial charge on any atom is 0.306 e. The molecule has 18 heavy (non-hydrogen) atoms. The van der Waals surface area contributed by atoms with Crippen LogP contribution in [0.5, 0.6) is 0 Å². The van der Waals surface area contributed by atoms with E-state index in [2.05, 4.69) is 19.2 Å². The van der Waals surface area contributed by atoms with E-state index >= 15 is 0 Å². The van der Waals surface area contributed by atoms with Gasteiger partial charge in [-0.3, -0.25) is 4.79 Å². The van der Waals surface area contributed by atoms with Crippen LogP contribution in [0.3, 0.4) is 0 Å². The highest BCUT2D eigenvalue weighted by Gasteiger charge is 2.25. The van der Waals surface area contributed by atoms with E-state index < -0.39 is 5.97 Å². The molecule has 0 atom stereocenters. The zero-order chi connectivity index (χ0) is 13.4. The van der Waals surface area contributed by atoms with Gasteiger partial charge in [0.15, 0.2) is 0 Å². The largest absolute Gasteiger partial charge is 0.481 e. The molecule has 1 rings (SSSR count). The monoisotopic (exact) mass is 255 g/mol. The Morgan fingerprint density at radius 1 is 1.17 bits per heavy atom. The Labute approximate surface area is 111 Å². The summed E-state index contributed by atoms with van der Waals surface area (Å²) in [5, 5.41) is 12.7. The molecule has 0 aromatic carbocycles. The Kier molecular flexibility index (Phi) is 7.33. The van der Waals surface area contributed by atoms with Crippen LogP contribution in [0, 0.1) is 11.8 Å². The van der Waals surface area contributed by atoms with Gasteiger partial charge < -0.3 is 10.4 Å². The van der Waals surface area contributed by atoms with Crippen LogP contribution in [0.1, 0.15) is 65.2 Å². The van der Waals surface area contributed by atoms with Gasteiger partial charge in [0.25, 0.3) is 0 Å². The highest BCUT2D eigenvalue weighted by atomic mass is 16.4. The molecule has 0 spiro atoms. The highest BCUT2D eigenvalue weighted by molar-refractivity contribution is 5.69. The molecule has 0 heterocycles. The first-order chi connectivity index (χ1) is 8.67. The van der Waals surface area contributed by atoms with Crippen LogP contribution in [0.25, 0.3) is 0 Å². The summed E-state index contributed by atoms with van der Waals surface area (Å²) in [5.74, 6) is 0.0106. The van der Waals surface area contributed by atoms with Gasteiger partial charge in [0.2, 0.25) is 0 Å². The van der Waals surface area contributed by atoms with E-state index in [0.717, 1.165) is 32.2 Å². The minimum absolute atomic E-state index is 0.0802. The lowest BCUT2D eigenvalue weighted by Gasteiger charge is -2.28. The second-order valence-electron chi connectivity index (χ2n) is 5.74. The molecule has 0 amide bonds. The number of nitrogens with one attached hydrogen (secondary N) is 1. The van der Waals surface area contributed by atoms with Crippen molar-refractivity contribution in [3.8, 4) is 0 Å². The molecule has 0 unspecified atom stereocenters. The van der Waals surface area contributed by atoms with Crippen molar-refractivity contribution in [2.75, 3.05) is 6.54 Å². The van der Waals surface area contributed by atoms with Gasteiger partial charge in [0.05, 0.1) is 5.92 Å². The van der Waals surface area contributed by atoms with E-state index in [9.17, 15) is 4.79 Å². The predicted octanol–water partition coefficient (Wildman–Crippen LogP) is 3.44. The fraction of sp³-hybridized carbons (Fsp3) is 0.933. The zero-order valence-corrected chi connectivity index (χ0v) is 12.0. The summed E-state index contributed by atoms with van der Waals surface area (Å²) in [7, 11) is 0. The lowest BCUT2D eigenvalue weighted by molar-refractivity contribution is -0.143. The van der Waals surface area contributed by atoms with Crippen molar-refractivity contribution in [2.45, 2.75) is 71.3 Å². The second-order valence-corrected chi connectivity index (χ2v) is 5.74. The fourth-order valence-corrected chi connectivity index (χ4v) is 2.99. The van der Waals surface area contributed by atoms with Gasteiger partial charge in [0, 0.05) is 6.04 Å². The third-order valence-electron chi connectivity index (χ3n) is 4.17. The summed E-state index contributed by atoms with van der Waals surface area (Å²) in [6.07, 6.45) is 8.90. The summed E-state index contributed by atoms with van der Waals surface area (Å²) < 4.78 is 0. The van der Waals surface area contributed by atoms with Gasteiger partial charge >= 0.3 is 5.97 Å². The van der Waals surface area contributed by atoms with E-state index in [-0.39, 0.29) is 5.92 Å². The van der Waals surface area contributed by atoms with Gasteiger partial charge in [-0.25, -0.2) is 0 Å². The van der Waals surface area contributed by atoms with E-state index in [1.807, 2.05) is 0 Å². The molecule has 0 aromatic rings. The Hall–Kier alpha value is -0.570. The average molecular weight is 255 g/mol. The van der Waals surface area contributed by atoms with Crippen molar-refractivity contribution >= 4 is 5.97 Å². The minimum atomic E-state index is -0.601. The second kappa shape index (κ2) is 8.52.